The van der Waals surface area contributed by atoms with E-state index < -0.39 is 12.7 Å². The smallest absolute Gasteiger partial charge is 0.0976 e. The Morgan fingerprint density at radius 3 is 2.71 bits per heavy atom. The van der Waals surface area contributed by atoms with Crippen LogP contribution in [0, 0.1) is 0 Å². The van der Waals surface area contributed by atoms with Crippen LogP contribution in [0.4, 0.5) is 4.39 Å². The normalized spacial score (nSPS) is 12.3. The molecule has 0 saturated heterocycles. The minimum atomic E-state index is -0.579. The molecule has 0 fully saturated rings. The van der Waals surface area contributed by atoms with Gasteiger partial charge in [-0.2, -0.15) is 0 Å². The summed E-state index contributed by atoms with van der Waals surface area (Å²) >= 11 is 0. The average Bonchev–Trinajstić information content (AvgIpc) is 1.68. The molecule has 0 aliphatic carbocycles. The molecule has 0 heterocycles. The van der Waals surface area contributed by atoms with Gasteiger partial charge in [0.05, 0.1) is 12.7 Å². The first-order chi connectivity index (χ1) is 3.31. The molecule has 0 radical (unpaired) electrons. The number of nitrogens with zero attached hydrogens (tertiary/aromatic N) is 3. The van der Waals surface area contributed by atoms with Crippen molar-refractivity contribution in [3.8, 4) is 0 Å². The lowest BCUT2D eigenvalue weighted by molar-refractivity contribution is 0.445. The number of alkyl halides is 1. The van der Waals surface area contributed by atoms with Crippen LogP contribution in [0.25, 0.3) is 10.4 Å². The lowest BCUT2D eigenvalue weighted by atomic mass is 10.4. The molecule has 0 aromatic heterocycles. The molecule has 0 aliphatic heterocycles. The van der Waals surface area contributed by atoms with Gasteiger partial charge >= 0.3 is 0 Å². The van der Waals surface area contributed by atoms with Crippen molar-refractivity contribution >= 4 is 0 Å². The zero-order valence-electron chi connectivity index (χ0n) is 4.00. The van der Waals surface area contributed by atoms with Crippen molar-refractivity contribution in [3.63, 3.8) is 0 Å². The summed E-state index contributed by atoms with van der Waals surface area (Å²) in [6.07, 6.45) is 0. The van der Waals surface area contributed by atoms with Crippen LogP contribution in [0.15, 0.2) is 5.11 Å². The van der Waals surface area contributed by atoms with Crippen LogP contribution in [0.5, 0.6) is 0 Å². The van der Waals surface area contributed by atoms with Crippen LogP contribution in [-0.4, -0.2) is 12.7 Å². The van der Waals surface area contributed by atoms with E-state index in [-0.39, 0.29) is 0 Å². The van der Waals surface area contributed by atoms with Crippen LogP contribution in [0.1, 0.15) is 6.92 Å². The van der Waals surface area contributed by atoms with Gasteiger partial charge in [-0.25, -0.2) is 0 Å². The summed E-state index contributed by atoms with van der Waals surface area (Å²) < 4.78 is 11.3. The van der Waals surface area contributed by atoms with Gasteiger partial charge in [0.25, 0.3) is 0 Å². The summed E-state index contributed by atoms with van der Waals surface area (Å²) in [7, 11) is 0. The van der Waals surface area contributed by atoms with Gasteiger partial charge in [0.2, 0.25) is 0 Å². The van der Waals surface area contributed by atoms with Crippen LogP contribution < -0.4 is 0 Å². The number of rotatable bonds is 2. The fourth-order valence-electron chi connectivity index (χ4n) is 0.119. The molecule has 0 aromatic rings. The molecule has 0 aliphatic rings. The van der Waals surface area contributed by atoms with Gasteiger partial charge < -0.3 is 0 Å². The SMILES string of the molecule is CC(CF)N=[N+]=[N-]. The first kappa shape index (κ1) is 6.24. The molecule has 0 saturated carbocycles. The first-order valence-corrected chi connectivity index (χ1v) is 1.91. The van der Waals surface area contributed by atoms with Gasteiger partial charge in [0, 0.05) is 4.91 Å². The Kier molecular flexibility index (Phi) is 3.06. The second kappa shape index (κ2) is 3.43. The third-order valence-corrected chi connectivity index (χ3v) is 0.472. The van der Waals surface area contributed by atoms with Crippen LogP contribution in [0.2, 0.25) is 0 Å². The molecule has 1 atom stereocenters. The summed E-state index contributed by atoms with van der Waals surface area (Å²) in [5.41, 5.74) is 7.66. The molecule has 1 unspecified atom stereocenters. The van der Waals surface area contributed by atoms with Gasteiger partial charge in [0.15, 0.2) is 0 Å². The average molecular weight is 103 g/mol. The van der Waals surface area contributed by atoms with Crippen LogP contribution >= 0.6 is 0 Å². The minimum Gasteiger partial charge on any atom is -0.251 e. The highest BCUT2D eigenvalue weighted by atomic mass is 19.1. The predicted molar refractivity (Wildman–Crippen MR) is 24.6 cm³/mol. The maximum atomic E-state index is 11.3. The van der Waals surface area contributed by atoms with Gasteiger partial charge in [-0.05, 0) is 5.53 Å². The molecule has 0 spiro atoms. The summed E-state index contributed by atoms with van der Waals surface area (Å²) in [5.74, 6) is 0. The summed E-state index contributed by atoms with van der Waals surface area (Å²) in [5, 5.41) is 3.05. The van der Waals surface area contributed by atoms with Crippen LogP contribution in [0.3, 0.4) is 0 Å². The fourth-order valence-corrected chi connectivity index (χ4v) is 0.119. The summed E-state index contributed by atoms with van der Waals surface area (Å²) in [4.78, 5) is 2.39. The van der Waals surface area contributed by atoms with E-state index in [2.05, 4.69) is 10.0 Å². The Bertz CT molecular complexity index is 86.2. The maximum Gasteiger partial charge on any atom is 0.0976 e. The van der Waals surface area contributed by atoms with Crippen molar-refractivity contribution in [1.82, 2.24) is 0 Å². The number of azide groups is 1. The second-order valence-corrected chi connectivity index (χ2v) is 1.21. The zero-order chi connectivity index (χ0) is 5.70. The third-order valence-electron chi connectivity index (χ3n) is 0.472. The van der Waals surface area contributed by atoms with Gasteiger partial charge in [-0.3, -0.25) is 4.39 Å². The van der Waals surface area contributed by atoms with E-state index in [0.717, 1.165) is 0 Å². The molecule has 4 heteroatoms. The van der Waals surface area contributed by atoms with E-state index in [1.165, 1.54) is 6.92 Å². The highest BCUT2D eigenvalue weighted by Crippen LogP contribution is 1.87. The molecule has 0 rings (SSSR count). The Morgan fingerprint density at radius 2 is 2.57 bits per heavy atom. The highest BCUT2D eigenvalue weighted by Gasteiger charge is 1.91. The van der Waals surface area contributed by atoms with Gasteiger partial charge in [-0.1, -0.05) is 12.0 Å². The molecular weight excluding hydrogens is 97.1 g/mol. The Morgan fingerprint density at radius 1 is 2.00 bits per heavy atom. The molecule has 0 aromatic carbocycles. The summed E-state index contributed by atoms with van der Waals surface area (Å²) in [6, 6.07) is -0.509. The van der Waals surface area contributed by atoms with Crippen LogP contribution in [-0.2, 0) is 0 Å². The number of hydrogen-bond donors (Lipinski definition) is 0. The molecular formula is C3H6FN3. The zero-order valence-corrected chi connectivity index (χ0v) is 4.00. The van der Waals surface area contributed by atoms with Crippen molar-refractivity contribution < 1.29 is 4.39 Å². The topological polar surface area (TPSA) is 48.8 Å². The predicted octanol–water partition coefficient (Wildman–Crippen LogP) is 1.65. The van der Waals surface area contributed by atoms with Crippen molar-refractivity contribution in [3.05, 3.63) is 10.4 Å². The van der Waals surface area contributed by atoms with Gasteiger partial charge in [-0.15, -0.1) is 0 Å². The Labute approximate surface area is 40.8 Å². The largest absolute Gasteiger partial charge is 0.251 e. The molecule has 0 bridgehead atoms. The van der Waals surface area contributed by atoms with Crippen molar-refractivity contribution in [2.45, 2.75) is 13.0 Å². The Hall–Kier alpha value is -0.760. The minimum absolute atomic E-state index is 0.509. The molecule has 0 amide bonds. The third kappa shape index (κ3) is 3.06. The van der Waals surface area contributed by atoms with Crippen molar-refractivity contribution in [2.75, 3.05) is 6.67 Å². The second-order valence-electron chi connectivity index (χ2n) is 1.21. The van der Waals surface area contributed by atoms with E-state index in [0.29, 0.717) is 0 Å². The fraction of sp³-hybridized carbons (Fsp3) is 1.00. The van der Waals surface area contributed by atoms with E-state index in [1.54, 1.807) is 0 Å². The van der Waals surface area contributed by atoms with Crippen molar-refractivity contribution in [1.29, 1.82) is 0 Å². The van der Waals surface area contributed by atoms with E-state index in [1.807, 2.05) is 0 Å². The molecule has 0 N–H and O–H groups in total. The lowest BCUT2D eigenvalue weighted by Crippen LogP contribution is -1.96. The van der Waals surface area contributed by atoms with Gasteiger partial charge in [0.1, 0.15) is 0 Å². The highest BCUT2D eigenvalue weighted by molar-refractivity contribution is 4.56. The van der Waals surface area contributed by atoms with E-state index in [4.69, 9.17) is 5.53 Å². The quantitative estimate of drug-likeness (QED) is 0.290. The van der Waals surface area contributed by atoms with E-state index in [9.17, 15) is 4.39 Å². The number of hydrogen-bond acceptors (Lipinski definition) is 1. The monoisotopic (exact) mass is 103 g/mol. The first-order valence-electron chi connectivity index (χ1n) is 1.91. The maximum absolute atomic E-state index is 11.3. The van der Waals surface area contributed by atoms with Crippen molar-refractivity contribution in [2.24, 2.45) is 5.11 Å². The Balaban J connectivity index is 3.35. The standard InChI is InChI=1S/C3H6FN3/c1-3(2-4)6-7-5/h3H,2H2,1H3. The number of halogens is 1. The van der Waals surface area contributed by atoms with E-state index >= 15 is 0 Å². The molecule has 3 nitrogen and oxygen atoms in total. The molecule has 7 heavy (non-hydrogen) atoms. The lowest BCUT2D eigenvalue weighted by Gasteiger charge is -1.88. The summed E-state index contributed by atoms with van der Waals surface area (Å²) in [6.45, 7) is 0.934. The molecule has 40 valence electrons.